The monoisotopic (exact) mass is 553 g/mol. The zero-order valence-corrected chi connectivity index (χ0v) is 20.1. The van der Waals surface area contributed by atoms with Crippen molar-refractivity contribution in [3.8, 4) is 0 Å². The van der Waals surface area contributed by atoms with Gasteiger partial charge in [-0.05, 0) is 0 Å². The van der Waals surface area contributed by atoms with Crippen molar-refractivity contribution in [2.24, 2.45) is 0 Å². The Kier molecular flexibility index (Phi) is 9.48. The summed E-state index contributed by atoms with van der Waals surface area (Å²) in [4.78, 5) is 34.9. The number of alkyl halides is 6. The minimum absolute atomic E-state index is 0.00313. The number of carbonyl (C=O) groups is 1. The molecule has 0 radical (unpaired) electrons. The first-order valence-electron chi connectivity index (χ1n) is 11.3. The number of piperazine rings is 1. The molecule has 0 aromatic carbocycles. The van der Waals surface area contributed by atoms with Gasteiger partial charge in [0.25, 0.3) is 5.56 Å². The molecule has 1 unspecified atom stereocenters. The number of hydrogen-bond acceptors (Lipinski definition) is 9. The molecule has 2 N–H and O–H groups in total. The lowest BCUT2D eigenvalue weighted by Crippen LogP contribution is -2.49. The van der Waals surface area contributed by atoms with Gasteiger partial charge in [0.1, 0.15) is 5.56 Å². The number of rotatable bonds is 10. The number of aromatic nitrogens is 4. The van der Waals surface area contributed by atoms with E-state index in [1.54, 1.807) is 14.9 Å². The highest BCUT2D eigenvalue weighted by Gasteiger charge is 2.38. The average Bonchev–Trinajstić information content (AvgIpc) is 2.85. The second-order valence-corrected chi connectivity index (χ2v) is 8.24. The van der Waals surface area contributed by atoms with Crippen LogP contribution < -0.4 is 15.8 Å². The molecule has 1 aliphatic rings. The summed E-state index contributed by atoms with van der Waals surface area (Å²) in [5.41, 5.74) is -4.30. The van der Waals surface area contributed by atoms with Crippen LogP contribution in [0.1, 0.15) is 17.5 Å². The van der Waals surface area contributed by atoms with E-state index in [9.17, 15) is 35.9 Å². The van der Waals surface area contributed by atoms with Crippen molar-refractivity contribution < 1.29 is 40.6 Å². The molecule has 0 saturated carbocycles. The minimum atomic E-state index is -4.91. The van der Waals surface area contributed by atoms with E-state index < -0.39 is 40.8 Å². The maximum Gasteiger partial charge on any atom is 0.423 e. The Bertz CT molecular complexity index is 1120. The third-order valence-corrected chi connectivity index (χ3v) is 5.53. The lowest BCUT2D eigenvalue weighted by atomic mass is 10.2. The van der Waals surface area contributed by atoms with Gasteiger partial charge in [0.15, 0.2) is 0 Å². The number of hydrogen-bond donors (Lipinski definition) is 2. The number of aromatic amines is 1. The fourth-order valence-electron chi connectivity index (χ4n) is 3.67. The van der Waals surface area contributed by atoms with Crippen LogP contribution in [0, 0.1) is 0 Å². The number of H-pyrrole nitrogens is 1. The van der Waals surface area contributed by atoms with Gasteiger partial charge in [-0.25, -0.2) is 15.1 Å². The first-order chi connectivity index (χ1) is 17.9. The predicted molar refractivity (Wildman–Crippen MR) is 120 cm³/mol. The molecule has 38 heavy (non-hydrogen) atoms. The second-order valence-electron chi connectivity index (χ2n) is 8.24. The van der Waals surface area contributed by atoms with E-state index in [1.807, 2.05) is 0 Å². The number of methoxy groups -OCH3 is 1. The lowest BCUT2D eigenvalue weighted by Gasteiger charge is -2.34. The second kappa shape index (κ2) is 12.4. The third kappa shape index (κ3) is 7.77. The first-order valence-corrected chi connectivity index (χ1v) is 11.3. The highest BCUT2D eigenvalue weighted by Crippen LogP contribution is 2.31. The number of anilines is 2. The molecule has 210 valence electrons. The van der Waals surface area contributed by atoms with Crippen molar-refractivity contribution in [1.82, 2.24) is 25.1 Å². The van der Waals surface area contributed by atoms with Crippen molar-refractivity contribution in [1.29, 1.82) is 0 Å². The molecule has 1 amide bonds. The highest BCUT2D eigenvalue weighted by molar-refractivity contribution is 5.76. The Morgan fingerprint density at radius 2 is 1.71 bits per heavy atom. The molecule has 3 heterocycles. The van der Waals surface area contributed by atoms with Crippen molar-refractivity contribution >= 4 is 17.5 Å². The molecule has 1 saturated heterocycles. The van der Waals surface area contributed by atoms with Crippen LogP contribution in [0.2, 0.25) is 0 Å². The van der Waals surface area contributed by atoms with Crippen LogP contribution in [0.4, 0.5) is 38.0 Å². The van der Waals surface area contributed by atoms with Gasteiger partial charge < -0.3 is 24.6 Å². The van der Waals surface area contributed by atoms with E-state index in [4.69, 9.17) is 9.47 Å². The van der Waals surface area contributed by atoms with Gasteiger partial charge in [0.2, 0.25) is 11.9 Å². The summed E-state index contributed by atoms with van der Waals surface area (Å²) >= 11 is 0. The Morgan fingerprint density at radius 1 is 1.05 bits per heavy atom. The summed E-state index contributed by atoms with van der Waals surface area (Å²) in [6.45, 7) is 1.05. The molecule has 0 bridgehead atoms. The van der Waals surface area contributed by atoms with Crippen molar-refractivity contribution in [2.75, 3.05) is 63.3 Å². The van der Waals surface area contributed by atoms with Crippen LogP contribution >= 0.6 is 0 Å². The normalized spacial score (nSPS) is 15.4. The number of nitrogens with one attached hydrogen (secondary N) is 2. The van der Waals surface area contributed by atoms with E-state index >= 15 is 0 Å². The number of amides is 1. The standard InChI is InChI=1S/C21H25F6N7O4/c1-37-11-14(31-15-10-30-32-18(36)17(15)21(25,26)27)12-38-7-2-16(35)33-3-5-34(6-4-33)19-28-8-13(9-29-19)20(22,23)24/h8-10,14H,2-7,11-12H2,1H3,(H2,31,32,36). The zero-order chi connectivity index (χ0) is 27.9. The SMILES string of the molecule is COCC(COCCC(=O)N1CCN(c2ncc(C(F)(F)F)cn2)CC1)Nc1cn[nH]c(=O)c1C(F)(F)F. The Hall–Kier alpha value is -3.47. The third-order valence-electron chi connectivity index (χ3n) is 5.53. The van der Waals surface area contributed by atoms with Crippen LogP contribution in [0.3, 0.4) is 0 Å². The fraction of sp³-hybridized carbons (Fsp3) is 0.571. The summed E-state index contributed by atoms with van der Waals surface area (Å²) < 4.78 is 88.2. The van der Waals surface area contributed by atoms with Gasteiger partial charge in [-0.2, -0.15) is 31.4 Å². The number of ether oxygens (including phenoxy) is 2. The average molecular weight is 553 g/mol. The van der Waals surface area contributed by atoms with Gasteiger partial charge in [-0.15, -0.1) is 0 Å². The predicted octanol–water partition coefficient (Wildman–Crippen LogP) is 1.78. The largest absolute Gasteiger partial charge is 0.423 e. The van der Waals surface area contributed by atoms with E-state index in [0.29, 0.717) is 38.6 Å². The number of halogens is 6. The fourth-order valence-corrected chi connectivity index (χ4v) is 3.67. The van der Waals surface area contributed by atoms with Crippen molar-refractivity contribution in [3.63, 3.8) is 0 Å². The highest BCUT2D eigenvalue weighted by atomic mass is 19.4. The van der Waals surface area contributed by atoms with E-state index in [2.05, 4.69) is 20.4 Å². The minimum Gasteiger partial charge on any atom is -0.382 e. The molecule has 2 aromatic heterocycles. The summed E-state index contributed by atoms with van der Waals surface area (Å²) in [6, 6.07) is -0.771. The van der Waals surface area contributed by atoms with Crippen LogP contribution in [0.25, 0.3) is 0 Å². The van der Waals surface area contributed by atoms with Gasteiger partial charge in [0, 0.05) is 45.7 Å². The maximum atomic E-state index is 13.3. The maximum absolute atomic E-state index is 13.3. The van der Waals surface area contributed by atoms with Gasteiger partial charge in [0.05, 0.1) is 49.7 Å². The summed E-state index contributed by atoms with van der Waals surface area (Å²) in [5, 5.41) is 7.69. The Labute approximate surface area is 212 Å². The summed E-state index contributed by atoms with van der Waals surface area (Å²) in [6.07, 6.45) is -7.19. The molecule has 11 nitrogen and oxygen atoms in total. The van der Waals surface area contributed by atoms with E-state index in [-0.39, 0.29) is 38.1 Å². The van der Waals surface area contributed by atoms with E-state index in [0.717, 1.165) is 6.20 Å². The van der Waals surface area contributed by atoms with Crippen molar-refractivity contribution in [3.05, 3.63) is 40.1 Å². The summed E-state index contributed by atoms with van der Waals surface area (Å²) in [5.74, 6) is -0.0956. The molecule has 1 fully saturated rings. The Morgan fingerprint density at radius 3 is 2.29 bits per heavy atom. The molecule has 3 rings (SSSR count). The van der Waals surface area contributed by atoms with Crippen LogP contribution in [-0.2, 0) is 26.6 Å². The van der Waals surface area contributed by atoms with Gasteiger partial charge in [-0.1, -0.05) is 0 Å². The molecular formula is C21H25F6N7O4. The first kappa shape index (κ1) is 29.1. The Balaban J connectivity index is 1.45. The molecule has 0 spiro atoms. The van der Waals surface area contributed by atoms with E-state index in [1.165, 1.54) is 7.11 Å². The number of nitrogens with zero attached hydrogens (tertiary/aromatic N) is 5. The van der Waals surface area contributed by atoms with Crippen LogP contribution in [0.15, 0.2) is 23.4 Å². The zero-order valence-electron chi connectivity index (χ0n) is 20.1. The molecule has 0 aliphatic carbocycles. The smallest absolute Gasteiger partial charge is 0.382 e. The molecule has 1 aliphatic heterocycles. The molecule has 2 aromatic rings. The van der Waals surface area contributed by atoms with Crippen LogP contribution in [0.5, 0.6) is 0 Å². The summed E-state index contributed by atoms with van der Waals surface area (Å²) in [7, 11) is 1.34. The van der Waals surface area contributed by atoms with Gasteiger partial charge >= 0.3 is 12.4 Å². The lowest BCUT2D eigenvalue weighted by molar-refractivity contribution is -0.139. The van der Waals surface area contributed by atoms with Gasteiger partial charge in [-0.3, -0.25) is 9.59 Å². The number of carbonyl (C=O) groups excluding carboxylic acids is 1. The van der Waals surface area contributed by atoms with Crippen molar-refractivity contribution in [2.45, 2.75) is 24.8 Å². The topological polar surface area (TPSA) is 126 Å². The molecular weight excluding hydrogens is 528 g/mol. The van der Waals surface area contributed by atoms with Crippen LogP contribution in [-0.4, -0.2) is 90.1 Å². The molecule has 17 heteroatoms. The molecule has 1 atom stereocenters. The quantitative estimate of drug-likeness (QED) is 0.335.